The van der Waals surface area contributed by atoms with Crippen molar-refractivity contribution in [3.05, 3.63) is 94.7 Å². The summed E-state index contributed by atoms with van der Waals surface area (Å²) in [6.07, 6.45) is 1.59. The summed E-state index contributed by atoms with van der Waals surface area (Å²) in [5, 5.41) is 15.0. The Kier molecular flexibility index (Phi) is 8.08. The average molecular weight is 534 g/mol. The van der Waals surface area contributed by atoms with Gasteiger partial charge in [-0.25, -0.2) is 9.69 Å². The van der Waals surface area contributed by atoms with E-state index in [9.17, 15) is 24.3 Å². The van der Waals surface area contributed by atoms with E-state index in [-0.39, 0.29) is 45.6 Å². The summed E-state index contributed by atoms with van der Waals surface area (Å²) in [6, 6.07) is 18.5. The van der Waals surface area contributed by atoms with Crippen LogP contribution >= 0.6 is 11.6 Å². The monoisotopic (exact) mass is 533 g/mol. The third-order valence-corrected chi connectivity index (χ3v) is 6.00. The summed E-state index contributed by atoms with van der Waals surface area (Å²) in [7, 11) is 0. The molecule has 1 heterocycles. The number of rotatable bonds is 9. The highest BCUT2D eigenvalue weighted by Crippen LogP contribution is 2.31. The summed E-state index contributed by atoms with van der Waals surface area (Å²) in [5.74, 6) is -2.62. The first kappa shape index (κ1) is 26.4. The zero-order valence-corrected chi connectivity index (χ0v) is 21.1. The van der Waals surface area contributed by atoms with Gasteiger partial charge < -0.3 is 20.5 Å². The lowest BCUT2D eigenvalue weighted by atomic mass is 10.1. The van der Waals surface area contributed by atoms with E-state index >= 15 is 0 Å². The lowest BCUT2D eigenvalue weighted by Gasteiger charge is -2.16. The minimum Gasteiger partial charge on any atom is -0.506 e. The van der Waals surface area contributed by atoms with Crippen LogP contribution in [0.3, 0.4) is 0 Å². The first-order valence-corrected chi connectivity index (χ1v) is 12.2. The molecule has 0 spiro atoms. The Labute approximate surface area is 223 Å². The molecule has 0 radical (unpaired) electrons. The Hall–Kier alpha value is -4.63. The zero-order chi connectivity index (χ0) is 27.2. The molecule has 1 aliphatic rings. The maximum absolute atomic E-state index is 13.2. The van der Waals surface area contributed by atoms with Gasteiger partial charge >= 0.3 is 5.97 Å². The first-order chi connectivity index (χ1) is 18.3. The number of unbranched alkanes of at least 4 members (excludes halogenated alkanes) is 1. The molecule has 0 saturated carbocycles. The SMILES string of the molecule is CCCCOC(=O)c1cccc(N2C(=O)C(Cl)=C(Nc3cccc(C(=O)Nc4ccccc4O)c3)C2=O)c1. The molecule has 1 aliphatic heterocycles. The number of phenols is 1. The van der Waals surface area contributed by atoms with Gasteiger partial charge in [-0.1, -0.05) is 49.2 Å². The Bertz CT molecular complexity index is 1450. The van der Waals surface area contributed by atoms with Gasteiger partial charge in [-0.15, -0.1) is 0 Å². The molecule has 194 valence electrons. The Morgan fingerprint density at radius 2 is 1.68 bits per heavy atom. The van der Waals surface area contributed by atoms with Crippen LogP contribution in [0, 0.1) is 0 Å². The molecule has 0 atom stereocenters. The smallest absolute Gasteiger partial charge is 0.338 e. The normalized spacial score (nSPS) is 13.1. The molecular weight excluding hydrogens is 510 g/mol. The van der Waals surface area contributed by atoms with Crippen LogP contribution in [-0.2, 0) is 14.3 Å². The maximum Gasteiger partial charge on any atom is 0.338 e. The standard InChI is InChI=1S/C28H24ClN3O6/c1-2-3-14-38-28(37)18-9-7-11-20(16-18)32-26(35)23(29)24(27(32)36)30-19-10-6-8-17(15-19)25(34)31-21-12-4-5-13-22(21)33/h4-13,15-16,30,33H,2-3,14H2,1H3,(H,31,34). The van der Waals surface area contributed by atoms with Crippen LogP contribution in [0.4, 0.5) is 17.1 Å². The van der Waals surface area contributed by atoms with Crippen LogP contribution in [0.1, 0.15) is 40.5 Å². The van der Waals surface area contributed by atoms with E-state index in [1.165, 1.54) is 36.4 Å². The quantitative estimate of drug-likeness (QED) is 0.152. The molecule has 3 aromatic rings. The van der Waals surface area contributed by atoms with Gasteiger partial charge in [0.2, 0.25) is 0 Å². The van der Waals surface area contributed by atoms with E-state index in [0.29, 0.717) is 5.69 Å². The number of ether oxygens (including phenoxy) is 1. The number of anilines is 3. The predicted octanol–water partition coefficient (Wildman–Crippen LogP) is 5.04. The molecule has 0 aromatic heterocycles. The van der Waals surface area contributed by atoms with Crippen LogP contribution in [0.2, 0.25) is 0 Å². The molecule has 3 N–H and O–H groups in total. The summed E-state index contributed by atoms with van der Waals surface area (Å²) in [5.41, 5.74) is 0.990. The Morgan fingerprint density at radius 3 is 2.45 bits per heavy atom. The van der Waals surface area contributed by atoms with Crippen molar-refractivity contribution >= 4 is 52.4 Å². The van der Waals surface area contributed by atoms with Gasteiger partial charge in [0.1, 0.15) is 16.5 Å². The van der Waals surface area contributed by atoms with Crippen molar-refractivity contribution in [1.29, 1.82) is 0 Å². The number of aromatic hydroxyl groups is 1. The number of hydrogen-bond acceptors (Lipinski definition) is 7. The first-order valence-electron chi connectivity index (χ1n) is 11.8. The van der Waals surface area contributed by atoms with Crippen LogP contribution in [-0.4, -0.2) is 35.4 Å². The molecule has 4 rings (SSSR count). The van der Waals surface area contributed by atoms with Crippen molar-refractivity contribution in [3.63, 3.8) is 0 Å². The predicted molar refractivity (Wildman–Crippen MR) is 143 cm³/mol. The number of esters is 1. The van der Waals surface area contributed by atoms with Crippen LogP contribution in [0.25, 0.3) is 0 Å². The molecule has 0 aliphatic carbocycles. The number of nitrogens with zero attached hydrogens (tertiary/aromatic N) is 1. The van der Waals surface area contributed by atoms with E-state index < -0.39 is 23.7 Å². The minimum absolute atomic E-state index is 0.0829. The van der Waals surface area contributed by atoms with E-state index in [4.69, 9.17) is 16.3 Å². The van der Waals surface area contributed by atoms with Crippen molar-refractivity contribution in [1.82, 2.24) is 0 Å². The number of carbonyl (C=O) groups excluding carboxylic acids is 4. The maximum atomic E-state index is 13.2. The van der Waals surface area contributed by atoms with Crippen LogP contribution in [0.5, 0.6) is 5.75 Å². The zero-order valence-electron chi connectivity index (χ0n) is 20.4. The molecular formula is C28H24ClN3O6. The molecule has 0 unspecified atom stereocenters. The van der Waals surface area contributed by atoms with Gasteiger partial charge in [0.25, 0.3) is 17.7 Å². The lowest BCUT2D eigenvalue weighted by molar-refractivity contribution is -0.120. The van der Waals surface area contributed by atoms with Crippen molar-refractivity contribution in [2.24, 2.45) is 0 Å². The van der Waals surface area contributed by atoms with Gasteiger partial charge in [-0.3, -0.25) is 14.4 Å². The third-order valence-electron chi connectivity index (χ3n) is 5.64. The number of nitrogens with one attached hydrogen (secondary N) is 2. The van der Waals surface area contributed by atoms with Gasteiger partial charge in [0.15, 0.2) is 0 Å². The molecule has 0 fully saturated rings. The molecule has 0 saturated heterocycles. The molecule has 3 amide bonds. The molecule has 0 bridgehead atoms. The summed E-state index contributed by atoms with van der Waals surface area (Å²) < 4.78 is 5.21. The highest BCUT2D eigenvalue weighted by atomic mass is 35.5. The highest BCUT2D eigenvalue weighted by Gasteiger charge is 2.39. The number of carbonyl (C=O) groups is 4. The van der Waals surface area contributed by atoms with Gasteiger partial charge in [-0.05, 0) is 55.0 Å². The second-order valence-electron chi connectivity index (χ2n) is 8.35. The summed E-state index contributed by atoms with van der Waals surface area (Å²) >= 11 is 6.24. The second kappa shape index (κ2) is 11.6. The number of imide groups is 1. The fourth-order valence-corrected chi connectivity index (χ4v) is 3.88. The molecule has 9 nitrogen and oxygen atoms in total. The van der Waals surface area contributed by atoms with Gasteiger partial charge in [0, 0.05) is 11.3 Å². The van der Waals surface area contributed by atoms with Crippen molar-refractivity contribution in [3.8, 4) is 5.75 Å². The van der Waals surface area contributed by atoms with Gasteiger partial charge in [0.05, 0.1) is 23.5 Å². The topological polar surface area (TPSA) is 125 Å². The van der Waals surface area contributed by atoms with Crippen LogP contribution in [0.15, 0.2) is 83.5 Å². The fourth-order valence-electron chi connectivity index (χ4n) is 3.67. The largest absolute Gasteiger partial charge is 0.506 e. The molecule has 3 aromatic carbocycles. The average Bonchev–Trinajstić information content (AvgIpc) is 3.13. The third kappa shape index (κ3) is 5.68. The number of para-hydroxylation sites is 2. The summed E-state index contributed by atoms with van der Waals surface area (Å²) in [6.45, 7) is 2.25. The van der Waals surface area contributed by atoms with Gasteiger partial charge in [-0.2, -0.15) is 0 Å². The fraction of sp³-hybridized carbons (Fsp3) is 0.143. The number of phenolic OH excluding ortho intramolecular Hbond substituents is 1. The van der Waals surface area contributed by atoms with Crippen molar-refractivity contribution < 1.29 is 29.0 Å². The van der Waals surface area contributed by atoms with E-state index in [1.807, 2.05) is 6.92 Å². The Balaban J connectivity index is 1.51. The molecule has 38 heavy (non-hydrogen) atoms. The number of amides is 3. The second-order valence-corrected chi connectivity index (χ2v) is 8.73. The van der Waals surface area contributed by atoms with E-state index in [0.717, 1.165) is 17.7 Å². The van der Waals surface area contributed by atoms with Crippen molar-refractivity contribution in [2.75, 3.05) is 22.1 Å². The van der Waals surface area contributed by atoms with E-state index in [1.54, 1.807) is 36.4 Å². The van der Waals surface area contributed by atoms with Crippen molar-refractivity contribution in [2.45, 2.75) is 19.8 Å². The van der Waals surface area contributed by atoms with E-state index in [2.05, 4.69) is 10.6 Å². The number of halogens is 1. The number of benzene rings is 3. The van der Waals surface area contributed by atoms with Crippen LogP contribution < -0.4 is 15.5 Å². The number of hydrogen-bond donors (Lipinski definition) is 3. The Morgan fingerprint density at radius 1 is 0.947 bits per heavy atom. The minimum atomic E-state index is -0.760. The molecule has 10 heteroatoms. The summed E-state index contributed by atoms with van der Waals surface area (Å²) in [4.78, 5) is 52.0. The lowest BCUT2D eigenvalue weighted by Crippen LogP contribution is -2.32. The highest BCUT2D eigenvalue weighted by molar-refractivity contribution is 6.53.